The summed E-state index contributed by atoms with van der Waals surface area (Å²) in [5, 5.41) is 12.4. The zero-order chi connectivity index (χ0) is 12.8. The van der Waals surface area contributed by atoms with Crippen molar-refractivity contribution in [3.63, 3.8) is 0 Å². The number of hydrogen-bond acceptors (Lipinski definition) is 3. The van der Waals surface area contributed by atoms with Crippen LogP contribution in [0.15, 0.2) is 24.3 Å². The normalized spacial score (nSPS) is 14.1. The Morgan fingerprint density at radius 3 is 2.65 bits per heavy atom. The summed E-state index contributed by atoms with van der Waals surface area (Å²) < 4.78 is 0. The SMILES string of the molecule is CCC(CN)C(=O)Nc1ccccc1C(C)O. The highest BCUT2D eigenvalue weighted by atomic mass is 16.3. The molecule has 1 amide bonds. The second-order valence-corrected chi connectivity index (χ2v) is 4.09. The van der Waals surface area contributed by atoms with Gasteiger partial charge in [0.1, 0.15) is 0 Å². The first-order valence-corrected chi connectivity index (χ1v) is 5.88. The first-order valence-electron chi connectivity index (χ1n) is 5.88. The summed E-state index contributed by atoms with van der Waals surface area (Å²) in [6.07, 6.45) is 0.101. The van der Waals surface area contributed by atoms with Crippen LogP contribution in [0.25, 0.3) is 0 Å². The molecule has 0 aromatic heterocycles. The Labute approximate surface area is 102 Å². The van der Waals surface area contributed by atoms with Gasteiger partial charge < -0.3 is 16.2 Å². The van der Waals surface area contributed by atoms with Gasteiger partial charge >= 0.3 is 0 Å². The van der Waals surface area contributed by atoms with Crippen LogP contribution in [0.3, 0.4) is 0 Å². The first-order chi connectivity index (χ1) is 8.10. The monoisotopic (exact) mass is 236 g/mol. The van der Waals surface area contributed by atoms with Gasteiger partial charge in [0.25, 0.3) is 0 Å². The van der Waals surface area contributed by atoms with Crippen molar-refractivity contribution in [3.8, 4) is 0 Å². The molecular weight excluding hydrogens is 216 g/mol. The molecule has 0 aliphatic carbocycles. The molecule has 4 N–H and O–H groups in total. The standard InChI is InChI=1S/C13H20N2O2/c1-3-10(8-14)13(17)15-12-7-5-4-6-11(12)9(2)16/h4-7,9-10,16H,3,8,14H2,1-2H3,(H,15,17). The van der Waals surface area contributed by atoms with Crippen molar-refractivity contribution < 1.29 is 9.90 Å². The lowest BCUT2D eigenvalue weighted by Crippen LogP contribution is -2.29. The summed E-state index contributed by atoms with van der Waals surface area (Å²) in [7, 11) is 0. The van der Waals surface area contributed by atoms with E-state index >= 15 is 0 Å². The van der Waals surface area contributed by atoms with Crippen molar-refractivity contribution >= 4 is 11.6 Å². The summed E-state index contributed by atoms with van der Waals surface area (Å²) in [6, 6.07) is 7.23. The van der Waals surface area contributed by atoms with Crippen LogP contribution < -0.4 is 11.1 Å². The second kappa shape index (κ2) is 6.37. The van der Waals surface area contributed by atoms with Gasteiger partial charge in [-0.1, -0.05) is 25.1 Å². The summed E-state index contributed by atoms with van der Waals surface area (Å²) in [4.78, 5) is 11.9. The van der Waals surface area contributed by atoms with E-state index in [1.807, 2.05) is 19.1 Å². The molecule has 4 heteroatoms. The maximum absolute atomic E-state index is 11.9. The maximum atomic E-state index is 11.9. The molecule has 0 spiro atoms. The Hall–Kier alpha value is -1.39. The number of aliphatic hydroxyl groups is 1. The van der Waals surface area contributed by atoms with E-state index in [4.69, 9.17) is 5.73 Å². The fourth-order valence-corrected chi connectivity index (χ4v) is 1.67. The molecule has 0 radical (unpaired) electrons. The number of nitrogens with two attached hydrogens (primary N) is 1. The van der Waals surface area contributed by atoms with Crippen molar-refractivity contribution in [1.29, 1.82) is 0 Å². The smallest absolute Gasteiger partial charge is 0.228 e. The third kappa shape index (κ3) is 3.54. The molecule has 0 fully saturated rings. The molecule has 17 heavy (non-hydrogen) atoms. The van der Waals surface area contributed by atoms with Crippen molar-refractivity contribution in [1.82, 2.24) is 0 Å². The number of hydrogen-bond donors (Lipinski definition) is 3. The number of anilines is 1. The van der Waals surface area contributed by atoms with Gasteiger partial charge in [-0.25, -0.2) is 0 Å². The highest BCUT2D eigenvalue weighted by Crippen LogP contribution is 2.22. The lowest BCUT2D eigenvalue weighted by Gasteiger charge is -2.16. The predicted molar refractivity (Wildman–Crippen MR) is 68.5 cm³/mol. The van der Waals surface area contributed by atoms with Crippen molar-refractivity contribution in [2.45, 2.75) is 26.4 Å². The Kier molecular flexibility index (Phi) is 5.12. The van der Waals surface area contributed by atoms with Gasteiger partial charge in [0, 0.05) is 17.8 Å². The van der Waals surface area contributed by atoms with Crippen molar-refractivity contribution in [2.24, 2.45) is 11.7 Å². The lowest BCUT2D eigenvalue weighted by atomic mass is 10.0. The Bertz CT molecular complexity index is 373. The van der Waals surface area contributed by atoms with Gasteiger partial charge in [-0.3, -0.25) is 4.79 Å². The Morgan fingerprint density at radius 1 is 1.47 bits per heavy atom. The summed E-state index contributed by atoms with van der Waals surface area (Å²) in [6.45, 7) is 3.93. The third-order valence-electron chi connectivity index (χ3n) is 2.82. The highest BCUT2D eigenvalue weighted by molar-refractivity contribution is 5.93. The van der Waals surface area contributed by atoms with Crippen LogP contribution in [0.1, 0.15) is 31.9 Å². The summed E-state index contributed by atoms with van der Waals surface area (Å²) >= 11 is 0. The van der Waals surface area contributed by atoms with E-state index in [2.05, 4.69) is 5.32 Å². The highest BCUT2D eigenvalue weighted by Gasteiger charge is 2.16. The molecule has 0 heterocycles. The number of nitrogens with one attached hydrogen (secondary N) is 1. The molecule has 1 aromatic carbocycles. The quantitative estimate of drug-likeness (QED) is 0.727. The molecule has 0 saturated heterocycles. The summed E-state index contributed by atoms with van der Waals surface area (Å²) in [5.74, 6) is -0.278. The minimum atomic E-state index is -0.607. The van der Waals surface area contributed by atoms with E-state index in [9.17, 15) is 9.90 Å². The number of benzene rings is 1. The number of para-hydroxylation sites is 1. The van der Waals surface area contributed by atoms with E-state index in [0.29, 0.717) is 24.2 Å². The third-order valence-corrected chi connectivity index (χ3v) is 2.82. The number of carbonyl (C=O) groups is 1. The number of carbonyl (C=O) groups excluding carboxylic acids is 1. The van der Waals surface area contributed by atoms with E-state index < -0.39 is 6.10 Å². The van der Waals surface area contributed by atoms with Crippen LogP contribution in [0.5, 0.6) is 0 Å². The van der Waals surface area contributed by atoms with Crippen molar-refractivity contribution in [2.75, 3.05) is 11.9 Å². The zero-order valence-electron chi connectivity index (χ0n) is 10.3. The maximum Gasteiger partial charge on any atom is 0.228 e. The van der Waals surface area contributed by atoms with E-state index in [-0.39, 0.29) is 11.8 Å². The Morgan fingerprint density at radius 2 is 2.12 bits per heavy atom. The van der Waals surface area contributed by atoms with Gasteiger partial charge in [-0.05, 0) is 19.4 Å². The van der Waals surface area contributed by atoms with Gasteiger partial charge in [0.2, 0.25) is 5.91 Å². The largest absolute Gasteiger partial charge is 0.389 e. The van der Waals surface area contributed by atoms with E-state index in [0.717, 1.165) is 0 Å². The average molecular weight is 236 g/mol. The minimum absolute atomic E-state index is 0.0944. The molecule has 4 nitrogen and oxygen atoms in total. The first kappa shape index (κ1) is 13.7. The fraction of sp³-hybridized carbons (Fsp3) is 0.462. The number of amides is 1. The Balaban J connectivity index is 2.84. The fourth-order valence-electron chi connectivity index (χ4n) is 1.67. The van der Waals surface area contributed by atoms with Gasteiger partial charge in [0.15, 0.2) is 0 Å². The molecule has 2 atom stereocenters. The number of aliphatic hydroxyl groups excluding tert-OH is 1. The van der Waals surface area contributed by atoms with E-state index in [1.54, 1.807) is 19.1 Å². The average Bonchev–Trinajstić information content (AvgIpc) is 2.31. The molecule has 0 aliphatic rings. The molecule has 0 bridgehead atoms. The van der Waals surface area contributed by atoms with Gasteiger partial charge in [0.05, 0.1) is 12.0 Å². The van der Waals surface area contributed by atoms with Crippen LogP contribution >= 0.6 is 0 Å². The lowest BCUT2D eigenvalue weighted by molar-refractivity contribution is -0.119. The van der Waals surface area contributed by atoms with Crippen LogP contribution in [-0.2, 0) is 4.79 Å². The van der Waals surface area contributed by atoms with Crippen molar-refractivity contribution in [3.05, 3.63) is 29.8 Å². The van der Waals surface area contributed by atoms with Gasteiger partial charge in [-0.2, -0.15) is 0 Å². The molecule has 94 valence electrons. The molecule has 1 aromatic rings. The zero-order valence-corrected chi connectivity index (χ0v) is 10.3. The number of rotatable bonds is 5. The second-order valence-electron chi connectivity index (χ2n) is 4.09. The summed E-state index contributed by atoms with van der Waals surface area (Å²) in [5.41, 5.74) is 6.89. The van der Waals surface area contributed by atoms with Crippen LogP contribution in [0, 0.1) is 5.92 Å². The van der Waals surface area contributed by atoms with Crippen LogP contribution in [0.4, 0.5) is 5.69 Å². The van der Waals surface area contributed by atoms with Gasteiger partial charge in [-0.15, -0.1) is 0 Å². The molecule has 0 saturated carbocycles. The molecule has 1 rings (SSSR count). The molecular formula is C13H20N2O2. The predicted octanol–water partition coefficient (Wildman–Crippen LogP) is 1.66. The molecule has 0 aliphatic heterocycles. The van der Waals surface area contributed by atoms with Crippen LogP contribution in [0.2, 0.25) is 0 Å². The van der Waals surface area contributed by atoms with E-state index in [1.165, 1.54) is 0 Å². The topological polar surface area (TPSA) is 75.4 Å². The van der Waals surface area contributed by atoms with Crippen LogP contribution in [-0.4, -0.2) is 17.6 Å². The molecule has 2 unspecified atom stereocenters. The minimum Gasteiger partial charge on any atom is -0.389 e.